The summed E-state index contributed by atoms with van der Waals surface area (Å²) in [6.07, 6.45) is 0.909. The number of benzene rings is 1. The van der Waals surface area contributed by atoms with E-state index in [2.05, 4.69) is 0 Å². The molecule has 0 atom stereocenters. The second-order valence-electron chi connectivity index (χ2n) is 4.60. The molecule has 0 aliphatic rings. The summed E-state index contributed by atoms with van der Waals surface area (Å²) < 4.78 is 28.7. The third-order valence-corrected chi connectivity index (χ3v) is 4.03. The van der Waals surface area contributed by atoms with Crippen LogP contribution >= 0.6 is 10.7 Å². The van der Waals surface area contributed by atoms with Crippen molar-refractivity contribution in [3.05, 3.63) is 23.3 Å². The average molecular weight is 291 g/mol. The summed E-state index contributed by atoms with van der Waals surface area (Å²) in [5.74, 6) is 0.794. The highest BCUT2D eigenvalue weighted by Crippen LogP contribution is 2.32. The predicted molar refractivity (Wildman–Crippen MR) is 74.1 cm³/mol. The maximum atomic E-state index is 11.6. The molecule has 0 radical (unpaired) electrons. The van der Waals surface area contributed by atoms with Gasteiger partial charge in [-0.15, -0.1) is 0 Å². The van der Waals surface area contributed by atoms with Crippen molar-refractivity contribution < 1.29 is 13.2 Å². The molecule has 0 aliphatic heterocycles. The SMILES string of the molecule is CCCOc1cc(C(C)C)c(S(=O)(=O)Cl)cc1C. The van der Waals surface area contributed by atoms with E-state index in [4.69, 9.17) is 15.4 Å². The summed E-state index contributed by atoms with van der Waals surface area (Å²) in [6.45, 7) is 8.32. The number of hydrogen-bond donors (Lipinski definition) is 0. The summed E-state index contributed by atoms with van der Waals surface area (Å²) in [6, 6.07) is 3.37. The first-order valence-electron chi connectivity index (χ1n) is 5.99. The lowest BCUT2D eigenvalue weighted by Gasteiger charge is -2.15. The van der Waals surface area contributed by atoms with Crippen molar-refractivity contribution >= 4 is 19.7 Å². The lowest BCUT2D eigenvalue weighted by Crippen LogP contribution is -2.04. The highest BCUT2D eigenvalue weighted by molar-refractivity contribution is 8.13. The molecule has 18 heavy (non-hydrogen) atoms. The van der Waals surface area contributed by atoms with Gasteiger partial charge in [0.15, 0.2) is 0 Å². The van der Waals surface area contributed by atoms with E-state index in [1.165, 1.54) is 0 Å². The molecular formula is C13H19ClO3S. The maximum absolute atomic E-state index is 11.6. The standard InChI is InChI=1S/C13H19ClO3S/c1-5-6-17-12-8-11(9(2)3)13(7-10(12)4)18(14,15)16/h7-9H,5-6H2,1-4H3. The van der Waals surface area contributed by atoms with Gasteiger partial charge in [-0.25, -0.2) is 8.42 Å². The second-order valence-corrected chi connectivity index (χ2v) is 7.13. The quantitative estimate of drug-likeness (QED) is 0.774. The van der Waals surface area contributed by atoms with E-state index in [1.807, 2.05) is 27.7 Å². The van der Waals surface area contributed by atoms with Gasteiger partial charge in [0, 0.05) is 10.7 Å². The Labute approximate surface area is 114 Å². The molecule has 0 amide bonds. The van der Waals surface area contributed by atoms with E-state index < -0.39 is 9.05 Å². The van der Waals surface area contributed by atoms with Crippen molar-refractivity contribution in [3.8, 4) is 5.75 Å². The van der Waals surface area contributed by atoms with Gasteiger partial charge in [-0.05, 0) is 42.5 Å². The van der Waals surface area contributed by atoms with E-state index in [-0.39, 0.29) is 10.8 Å². The van der Waals surface area contributed by atoms with Crippen LogP contribution in [0.5, 0.6) is 5.75 Å². The second kappa shape index (κ2) is 5.93. The summed E-state index contributed by atoms with van der Waals surface area (Å²) in [7, 11) is 1.75. The Balaban J connectivity index is 3.35. The zero-order chi connectivity index (χ0) is 13.9. The first kappa shape index (κ1) is 15.3. The molecule has 3 nitrogen and oxygen atoms in total. The molecular weight excluding hydrogens is 272 g/mol. The minimum Gasteiger partial charge on any atom is -0.493 e. The Morgan fingerprint density at radius 1 is 1.33 bits per heavy atom. The van der Waals surface area contributed by atoms with Crippen molar-refractivity contribution in [2.45, 2.75) is 44.9 Å². The lowest BCUT2D eigenvalue weighted by atomic mass is 10.0. The molecule has 1 rings (SSSR count). The van der Waals surface area contributed by atoms with Crippen LogP contribution in [0.25, 0.3) is 0 Å². The first-order chi connectivity index (χ1) is 8.27. The van der Waals surface area contributed by atoms with Gasteiger partial charge in [0.1, 0.15) is 5.75 Å². The topological polar surface area (TPSA) is 43.4 Å². The summed E-state index contributed by atoms with van der Waals surface area (Å²) in [4.78, 5) is 0.181. The summed E-state index contributed by atoms with van der Waals surface area (Å²) >= 11 is 0. The van der Waals surface area contributed by atoms with Crippen LogP contribution in [-0.2, 0) is 9.05 Å². The molecule has 0 saturated carbocycles. The summed E-state index contributed by atoms with van der Waals surface area (Å²) in [5, 5.41) is 0. The van der Waals surface area contributed by atoms with Crippen molar-refractivity contribution in [3.63, 3.8) is 0 Å². The Morgan fingerprint density at radius 3 is 2.39 bits per heavy atom. The molecule has 0 aromatic heterocycles. The maximum Gasteiger partial charge on any atom is 0.261 e. The van der Waals surface area contributed by atoms with Crippen LogP contribution in [0, 0.1) is 6.92 Å². The zero-order valence-electron chi connectivity index (χ0n) is 11.2. The highest BCUT2D eigenvalue weighted by atomic mass is 35.7. The van der Waals surface area contributed by atoms with Crippen molar-refractivity contribution in [2.24, 2.45) is 0 Å². The van der Waals surface area contributed by atoms with E-state index in [1.54, 1.807) is 12.1 Å². The number of aryl methyl sites for hydroxylation is 1. The van der Waals surface area contributed by atoms with E-state index in [9.17, 15) is 8.42 Å². The number of halogens is 1. The van der Waals surface area contributed by atoms with E-state index in [0.29, 0.717) is 12.2 Å². The fraction of sp³-hybridized carbons (Fsp3) is 0.538. The van der Waals surface area contributed by atoms with Gasteiger partial charge in [-0.1, -0.05) is 20.8 Å². The van der Waals surface area contributed by atoms with Crippen LogP contribution < -0.4 is 4.74 Å². The fourth-order valence-electron chi connectivity index (χ4n) is 1.71. The van der Waals surface area contributed by atoms with E-state index in [0.717, 1.165) is 17.7 Å². The summed E-state index contributed by atoms with van der Waals surface area (Å²) in [5.41, 5.74) is 1.48. The Kier molecular flexibility index (Phi) is 5.05. The third-order valence-electron chi connectivity index (χ3n) is 2.65. The molecule has 0 fully saturated rings. The van der Waals surface area contributed by atoms with Gasteiger partial charge < -0.3 is 4.74 Å². The van der Waals surface area contributed by atoms with Gasteiger partial charge in [0.25, 0.3) is 9.05 Å². The molecule has 0 spiro atoms. The van der Waals surface area contributed by atoms with Crippen LogP contribution in [0.15, 0.2) is 17.0 Å². The smallest absolute Gasteiger partial charge is 0.261 e. The lowest BCUT2D eigenvalue weighted by molar-refractivity contribution is 0.314. The molecule has 0 aliphatic carbocycles. The molecule has 1 aromatic rings. The first-order valence-corrected chi connectivity index (χ1v) is 8.30. The molecule has 1 aromatic carbocycles. The van der Waals surface area contributed by atoms with Crippen molar-refractivity contribution in [2.75, 3.05) is 6.61 Å². The van der Waals surface area contributed by atoms with Crippen LogP contribution in [0.2, 0.25) is 0 Å². The molecule has 0 N–H and O–H groups in total. The Hall–Kier alpha value is -0.740. The van der Waals surface area contributed by atoms with Gasteiger partial charge in [0.2, 0.25) is 0 Å². The van der Waals surface area contributed by atoms with Crippen LogP contribution in [0.4, 0.5) is 0 Å². The fourth-order valence-corrected chi connectivity index (χ4v) is 3.00. The number of rotatable bonds is 5. The number of hydrogen-bond acceptors (Lipinski definition) is 3. The monoisotopic (exact) mass is 290 g/mol. The molecule has 0 unspecified atom stereocenters. The minimum atomic E-state index is -3.72. The largest absolute Gasteiger partial charge is 0.493 e. The third kappa shape index (κ3) is 3.62. The minimum absolute atomic E-state index is 0.0677. The van der Waals surface area contributed by atoms with Gasteiger partial charge >= 0.3 is 0 Å². The molecule has 5 heteroatoms. The average Bonchev–Trinajstić information content (AvgIpc) is 2.25. The van der Waals surface area contributed by atoms with Gasteiger partial charge in [-0.2, -0.15) is 0 Å². The van der Waals surface area contributed by atoms with Crippen molar-refractivity contribution in [1.82, 2.24) is 0 Å². The van der Waals surface area contributed by atoms with Gasteiger partial charge in [-0.3, -0.25) is 0 Å². The number of ether oxygens (including phenoxy) is 1. The molecule has 0 saturated heterocycles. The van der Waals surface area contributed by atoms with Crippen LogP contribution in [0.3, 0.4) is 0 Å². The molecule has 0 heterocycles. The highest BCUT2D eigenvalue weighted by Gasteiger charge is 2.20. The van der Waals surface area contributed by atoms with E-state index >= 15 is 0 Å². The van der Waals surface area contributed by atoms with Crippen LogP contribution in [-0.4, -0.2) is 15.0 Å². The van der Waals surface area contributed by atoms with Gasteiger partial charge in [0.05, 0.1) is 11.5 Å². The van der Waals surface area contributed by atoms with Crippen LogP contribution in [0.1, 0.15) is 44.2 Å². The zero-order valence-corrected chi connectivity index (χ0v) is 12.7. The van der Waals surface area contributed by atoms with Crippen molar-refractivity contribution in [1.29, 1.82) is 0 Å². The Bertz CT molecular complexity index is 521. The predicted octanol–water partition coefficient (Wildman–Crippen LogP) is 3.83. The normalized spacial score (nSPS) is 11.9. The molecule has 102 valence electrons. The molecule has 0 bridgehead atoms. The Morgan fingerprint density at radius 2 is 1.94 bits per heavy atom.